The highest BCUT2D eigenvalue weighted by molar-refractivity contribution is 5.69. The van der Waals surface area contributed by atoms with Gasteiger partial charge >= 0.3 is 5.97 Å². The van der Waals surface area contributed by atoms with Crippen LogP contribution in [-0.2, 0) is 9.53 Å². The number of nitrogens with one attached hydrogen (secondary N) is 1. The predicted molar refractivity (Wildman–Crippen MR) is 65.3 cm³/mol. The van der Waals surface area contributed by atoms with Gasteiger partial charge in [-0.3, -0.25) is 4.79 Å². The maximum absolute atomic E-state index is 11.5. The van der Waals surface area contributed by atoms with E-state index in [-0.39, 0.29) is 11.6 Å². The summed E-state index contributed by atoms with van der Waals surface area (Å²) in [6.45, 7) is 7.98. The number of ether oxygens (including phenoxy) is 1. The van der Waals surface area contributed by atoms with Crippen molar-refractivity contribution in [1.82, 2.24) is 5.32 Å². The van der Waals surface area contributed by atoms with E-state index in [9.17, 15) is 4.79 Å². The summed E-state index contributed by atoms with van der Waals surface area (Å²) >= 11 is 0. The molecule has 1 heterocycles. The Morgan fingerprint density at radius 2 is 2.06 bits per heavy atom. The van der Waals surface area contributed by atoms with Crippen molar-refractivity contribution in [2.75, 3.05) is 13.1 Å². The number of hydrogen-bond acceptors (Lipinski definition) is 3. The second-order valence-electron chi connectivity index (χ2n) is 5.67. The van der Waals surface area contributed by atoms with Gasteiger partial charge in [-0.15, -0.1) is 0 Å². The minimum atomic E-state index is -0.345. The summed E-state index contributed by atoms with van der Waals surface area (Å²) in [5, 5.41) is 3.39. The lowest BCUT2D eigenvalue weighted by Gasteiger charge is -2.20. The van der Waals surface area contributed by atoms with Crippen LogP contribution in [0.15, 0.2) is 0 Å². The van der Waals surface area contributed by atoms with Crippen LogP contribution in [-0.4, -0.2) is 24.7 Å². The van der Waals surface area contributed by atoms with Gasteiger partial charge in [0.25, 0.3) is 0 Å². The van der Waals surface area contributed by atoms with E-state index in [2.05, 4.69) is 5.32 Å². The lowest BCUT2D eigenvalue weighted by Crippen LogP contribution is -2.24. The molecule has 1 fully saturated rings. The summed E-state index contributed by atoms with van der Waals surface area (Å²) in [6.07, 6.45) is 5.23. The van der Waals surface area contributed by atoms with Crippen LogP contribution < -0.4 is 5.32 Å². The van der Waals surface area contributed by atoms with Crippen molar-refractivity contribution < 1.29 is 9.53 Å². The van der Waals surface area contributed by atoms with E-state index in [1.807, 2.05) is 20.8 Å². The molecule has 0 bridgehead atoms. The highest BCUT2D eigenvalue weighted by Crippen LogP contribution is 2.20. The van der Waals surface area contributed by atoms with Crippen LogP contribution in [0.5, 0.6) is 0 Å². The molecule has 0 aromatic heterocycles. The second kappa shape index (κ2) is 6.24. The third kappa shape index (κ3) is 6.11. The average Bonchev–Trinajstić information content (AvgIpc) is 2.39. The van der Waals surface area contributed by atoms with Crippen molar-refractivity contribution in [3.05, 3.63) is 0 Å². The van der Waals surface area contributed by atoms with Gasteiger partial charge in [-0.2, -0.15) is 0 Å². The van der Waals surface area contributed by atoms with E-state index >= 15 is 0 Å². The van der Waals surface area contributed by atoms with Gasteiger partial charge in [-0.1, -0.05) is 0 Å². The van der Waals surface area contributed by atoms with E-state index in [0.717, 1.165) is 19.5 Å². The third-order valence-electron chi connectivity index (χ3n) is 2.87. The Labute approximate surface area is 98.9 Å². The van der Waals surface area contributed by atoms with E-state index < -0.39 is 0 Å². The highest BCUT2D eigenvalue weighted by Gasteiger charge is 2.18. The Kier molecular flexibility index (Phi) is 5.26. The molecule has 0 radical (unpaired) electrons. The van der Waals surface area contributed by atoms with Crippen LogP contribution in [0.3, 0.4) is 0 Å². The number of carbonyl (C=O) groups is 1. The van der Waals surface area contributed by atoms with Gasteiger partial charge in [0.1, 0.15) is 5.60 Å². The van der Waals surface area contributed by atoms with Crippen LogP contribution >= 0.6 is 0 Å². The number of hydrogen-bond donors (Lipinski definition) is 1. The van der Waals surface area contributed by atoms with E-state index in [0.29, 0.717) is 12.3 Å². The van der Waals surface area contributed by atoms with E-state index in [1.165, 1.54) is 19.3 Å². The minimum Gasteiger partial charge on any atom is -0.460 e. The minimum absolute atomic E-state index is 0.0512. The largest absolute Gasteiger partial charge is 0.460 e. The zero-order valence-corrected chi connectivity index (χ0v) is 10.8. The van der Waals surface area contributed by atoms with Crippen molar-refractivity contribution in [1.29, 1.82) is 0 Å². The normalized spacial score (nSPS) is 22.6. The molecule has 1 unspecified atom stereocenters. The summed E-state index contributed by atoms with van der Waals surface area (Å²) < 4.78 is 5.31. The molecule has 3 nitrogen and oxygen atoms in total. The van der Waals surface area contributed by atoms with Crippen LogP contribution in [0.4, 0.5) is 0 Å². The molecule has 16 heavy (non-hydrogen) atoms. The molecule has 0 aromatic rings. The number of rotatable bonds is 3. The Bertz CT molecular complexity index is 212. The van der Waals surface area contributed by atoms with Crippen LogP contribution in [0.1, 0.15) is 52.9 Å². The van der Waals surface area contributed by atoms with Crippen molar-refractivity contribution in [2.45, 2.75) is 58.5 Å². The van der Waals surface area contributed by atoms with Gasteiger partial charge in [-0.25, -0.2) is 0 Å². The van der Waals surface area contributed by atoms with Gasteiger partial charge < -0.3 is 10.1 Å². The number of carbonyl (C=O) groups excluding carboxylic acids is 1. The molecule has 1 aliphatic rings. The van der Waals surface area contributed by atoms with Crippen molar-refractivity contribution in [2.24, 2.45) is 5.92 Å². The summed E-state index contributed by atoms with van der Waals surface area (Å²) in [6, 6.07) is 0. The Morgan fingerprint density at radius 1 is 1.31 bits per heavy atom. The zero-order valence-electron chi connectivity index (χ0n) is 10.8. The molecule has 1 aliphatic heterocycles. The first-order valence-electron chi connectivity index (χ1n) is 6.40. The summed E-state index contributed by atoms with van der Waals surface area (Å²) in [4.78, 5) is 11.5. The second-order valence-corrected chi connectivity index (χ2v) is 5.67. The highest BCUT2D eigenvalue weighted by atomic mass is 16.6. The fraction of sp³-hybridized carbons (Fsp3) is 0.923. The third-order valence-corrected chi connectivity index (χ3v) is 2.87. The Morgan fingerprint density at radius 3 is 2.75 bits per heavy atom. The first-order valence-corrected chi connectivity index (χ1v) is 6.40. The molecule has 3 heteroatoms. The fourth-order valence-corrected chi connectivity index (χ4v) is 2.09. The lowest BCUT2D eigenvalue weighted by molar-refractivity contribution is -0.155. The molecule has 94 valence electrons. The molecule has 1 N–H and O–H groups in total. The van der Waals surface area contributed by atoms with Gasteiger partial charge in [0.15, 0.2) is 0 Å². The Hall–Kier alpha value is -0.570. The topological polar surface area (TPSA) is 38.3 Å². The van der Waals surface area contributed by atoms with Gasteiger partial charge in [0.05, 0.1) is 0 Å². The maximum Gasteiger partial charge on any atom is 0.306 e. The molecule has 0 spiro atoms. The lowest BCUT2D eigenvalue weighted by atomic mass is 9.95. The standard InChI is InChI=1S/C13H25NO2/c1-13(2,3)16-12(15)7-6-11-5-4-9-14-10-8-11/h11,14H,4-10H2,1-3H3. The fourth-order valence-electron chi connectivity index (χ4n) is 2.09. The average molecular weight is 227 g/mol. The van der Waals surface area contributed by atoms with Crippen LogP contribution in [0, 0.1) is 5.92 Å². The molecular weight excluding hydrogens is 202 g/mol. The SMILES string of the molecule is CC(C)(C)OC(=O)CCC1CCCNCC1. The molecule has 1 atom stereocenters. The quantitative estimate of drug-likeness (QED) is 0.753. The molecule has 0 saturated carbocycles. The van der Waals surface area contributed by atoms with Crippen molar-refractivity contribution in [3.63, 3.8) is 0 Å². The molecule has 0 aliphatic carbocycles. The monoisotopic (exact) mass is 227 g/mol. The van der Waals surface area contributed by atoms with Crippen LogP contribution in [0.2, 0.25) is 0 Å². The first kappa shape index (κ1) is 13.5. The Balaban J connectivity index is 2.20. The van der Waals surface area contributed by atoms with Gasteiger partial charge in [0.2, 0.25) is 0 Å². The predicted octanol–water partition coefficient (Wildman–Crippen LogP) is 2.50. The maximum atomic E-state index is 11.5. The smallest absolute Gasteiger partial charge is 0.306 e. The molecular formula is C13H25NO2. The molecule has 1 rings (SSSR count). The van der Waals surface area contributed by atoms with Crippen LogP contribution in [0.25, 0.3) is 0 Å². The number of esters is 1. The van der Waals surface area contributed by atoms with Gasteiger partial charge in [-0.05, 0) is 65.5 Å². The summed E-state index contributed by atoms with van der Waals surface area (Å²) in [7, 11) is 0. The molecule has 0 aromatic carbocycles. The first-order chi connectivity index (χ1) is 7.47. The zero-order chi connectivity index (χ0) is 12.0. The summed E-state index contributed by atoms with van der Waals surface area (Å²) in [5.74, 6) is 0.646. The summed E-state index contributed by atoms with van der Waals surface area (Å²) in [5.41, 5.74) is -0.345. The van der Waals surface area contributed by atoms with Gasteiger partial charge in [0, 0.05) is 6.42 Å². The molecule has 1 saturated heterocycles. The van der Waals surface area contributed by atoms with E-state index in [1.54, 1.807) is 0 Å². The molecule has 0 amide bonds. The van der Waals surface area contributed by atoms with Crippen molar-refractivity contribution in [3.8, 4) is 0 Å². The van der Waals surface area contributed by atoms with Crippen molar-refractivity contribution >= 4 is 5.97 Å². The van der Waals surface area contributed by atoms with E-state index in [4.69, 9.17) is 4.74 Å².